The quantitative estimate of drug-likeness (QED) is 0.904. The third-order valence-corrected chi connectivity index (χ3v) is 3.60. The monoisotopic (exact) mass is 306 g/mol. The van der Waals surface area contributed by atoms with Crippen LogP contribution in [0.4, 0.5) is 10.1 Å². The number of nitrogens with two attached hydrogens (primary N) is 1. The van der Waals surface area contributed by atoms with Crippen molar-refractivity contribution in [2.24, 2.45) is 5.73 Å². The first kappa shape index (κ1) is 15.8. The fraction of sp³-hybridized carbons (Fsp3) is 0.294. The molecule has 0 heterocycles. The summed E-state index contributed by atoms with van der Waals surface area (Å²) in [6.45, 7) is 2.45. The molecular formula is C17H20ClFN2. The molecule has 2 nitrogen and oxygen atoms in total. The third-order valence-electron chi connectivity index (χ3n) is 3.37. The van der Waals surface area contributed by atoms with Crippen molar-refractivity contribution in [3.8, 4) is 0 Å². The van der Waals surface area contributed by atoms with Crippen molar-refractivity contribution in [3.05, 3.63) is 64.4 Å². The van der Waals surface area contributed by atoms with Gasteiger partial charge < -0.3 is 10.6 Å². The Hall–Kier alpha value is -1.58. The maximum atomic E-state index is 13.8. The van der Waals surface area contributed by atoms with E-state index in [1.807, 2.05) is 43.1 Å². The Morgan fingerprint density at radius 3 is 2.57 bits per heavy atom. The van der Waals surface area contributed by atoms with E-state index in [-0.39, 0.29) is 11.9 Å². The summed E-state index contributed by atoms with van der Waals surface area (Å²) in [5.41, 5.74) is 8.66. The van der Waals surface area contributed by atoms with E-state index in [0.29, 0.717) is 17.1 Å². The van der Waals surface area contributed by atoms with Gasteiger partial charge in [-0.3, -0.25) is 0 Å². The number of rotatable bonds is 5. The molecule has 112 valence electrons. The van der Waals surface area contributed by atoms with Crippen LogP contribution in [0.5, 0.6) is 0 Å². The lowest BCUT2D eigenvalue weighted by Crippen LogP contribution is -2.22. The predicted octanol–water partition coefficient (Wildman–Crippen LogP) is 4.01. The molecule has 0 aromatic heterocycles. The molecule has 0 aliphatic heterocycles. The van der Waals surface area contributed by atoms with Crippen LogP contribution >= 0.6 is 11.6 Å². The van der Waals surface area contributed by atoms with Crippen LogP contribution in [0.1, 0.15) is 18.1 Å². The van der Waals surface area contributed by atoms with Gasteiger partial charge in [0.05, 0.1) is 0 Å². The Kier molecular flexibility index (Phi) is 5.21. The third kappa shape index (κ3) is 4.19. The number of anilines is 1. The smallest absolute Gasteiger partial charge is 0.128 e. The Labute approximate surface area is 130 Å². The van der Waals surface area contributed by atoms with Gasteiger partial charge in [-0.25, -0.2) is 4.39 Å². The summed E-state index contributed by atoms with van der Waals surface area (Å²) in [7, 11) is 1.93. The Morgan fingerprint density at radius 1 is 1.19 bits per heavy atom. The van der Waals surface area contributed by atoms with Gasteiger partial charge in [-0.05, 0) is 37.1 Å². The second-order valence-electron chi connectivity index (χ2n) is 5.40. The molecule has 2 N–H and O–H groups in total. The van der Waals surface area contributed by atoms with E-state index >= 15 is 0 Å². The highest BCUT2D eigenvalue weighted by molar-refractivity contribution is 6.30. The number of hydrogen-bond acceptors (Lipinski definition) is 2. The first-order chi connectivity index (χ1) is 9.97. The van der Waals surface area contributed by atoms with E-state index < -0.39 is 0 Å². The highest BCUT2D eigenvalue weighted by atomic mass is 35.5. The van der Waals surface area contributed by atoms with E-state index in [9.17, 15) is 4.39 Å². The summed E-state index contributed by atoms with van der Waals surface area (Å²) in [6, 6.07) is 12.6. The van der Waals surface area contributed by atoms with Crippen molar-refractivity contribution in [2.45, 2.75) is 25.9 Å². The lowest BCUT2D eigenvalue weighted by Gasteiger charge is -2.24. The van der Waals surface area contributed by atoms with Crippen LogP contribution in [0, 0.1) is 5.82 Å². The van der Waals surface area contributed by atoms with Gasteiger partial charge in [0.15, 0.2) is 0 Å². The molecule has 0 aliphatic rings. The molecular weight excluding hydrogens is 287 g/mol. The summed E-state index contributed by atoms with van der Waals surface area (Å²) in [6.07, 6.45) is 0.758. The van der Waals surface area contributed by atoms with E-state index in [4.69, 9.17) is 17.3 Å². The molecule has 1 atom stereocenters. The number of hydrogen-bond donors (Lipinski definition) is 1. The van der Waals surface area contributed by atoms with E-state index in [2.05, 4.69) is 0 Å². The fourth-order valence-corrected chi connectivity index (χ4v) is 2.55. The summed E-state index contributed by atoms with van der Waals surface area (Å²) in [5.74, 6) is -0.194. The van der Waals surface area contributed by atoms with Crippen LogP contribution in [0.3, 0.4) is 0 Å². The minimum atomic E-state index is -0.194. The molecule has 0 spiro atoms. The molecule has 4 heteroatoms. The highest BCUT2D eigenvalue weighted by Gasteiger charge is 2.12. The van der Waals surface area contributed by atoms with Gasteiger partial charge in [-0.1, -0.05) is 35.9 Å². The minimum absolute atomic E-state index is 0.0618. The fourth-order valence-electron chi connectivity index (χ4n) is 2.38. The van der Waals surface area contributed by atoms with Gasteiger partial charge >= 0.3 is 0 Å². The molecule has 21 heavy (non-hydrogen) atoms. The van der Waals surface area contributed by atoms with E-state index in [1.54, 1.807) is 12.1 Å². The van der Waals surface area contributed by atoms with Gasteiger partial charge in [0, 0.05) is 35.9 Å². The number of nitrogens with zero attached hydrogens (tertiary/aromatic N) is 1. The van der Waals surface area contributed by atoms with Crippen molar-refractivity contribution in [2.75, 3.05) is 11.9 Å². The zero-order valence-corrected chi connectivity index (χ0v) is 13.1. The normalized spacial score (nSPS) is 12.2. The van der Waals surface area contributed by atoms with Crippen LogP contribution in [-0.2, 0) is 13.0 Å². The minimum Gasteiger partial charge on any atom is -0.370 e. The zero-order valence-electron chi connectivity index (χ0n) is 12.3. The average Bonchev–Trinajstić information content (AvgIpc) is 2.43. The van der Waals surface area contributed by atoms with Gasteiger partial charge in [-0.15, -0.1) is 0 Å². The van der Waals surface area contributed by atoms with Crippen LogP contribution < -0.4 is 10.6 Å². The molecule has 0 saturated carbocycles. The van der Waals surface area contributed by atoms with Crippen LogP contribution in [0.25, 0.3) is 0 Å². The van der Waals surface area contributed by atoms with Gasteiger partial charge in [-0.2, -0.15) is 0 Å². The van der Waals surface area contributed by atoms with Crippen molar-refractivity contribution in [1.82, 2.24) is 0 Å². The Balaban J connectivity index is 2.27. The topological polar surface area (TPSA) is 29.3 Å². The van der Waals surface area contributed by atoms with Gasteiger partial charge in [0.1, 0.15) is 5.82 Å². The van der Waals surface area contributed by atoms with Gasteiger partial charge in [0.25, 0.3) is 0 Å². The van der Waals surface area contributed by atoms with E-state index in [1.165, 1.54) is 6.07 Å². The molecule has 0 radical (unpaired) electrons. The molecule has 0 aliphatic carbocycles. The predicted molar refractivity (Wildman–Crippen MR) is 87.3 cm³/mol. The summed E-state index contributed by atoms with van der Waals surface area (Å²) < 4.78 is 13.8. The molecule has 0 fully saturated rings. The SMILES string of the molecule is CC(N)Cc1ccc(Cl)cc1N(C)Cc1ccccc1F. The lowest BCUT2D eigenvalue weighted by molar-refractivity contribution is 0.607. The van der Waals surface area contributed by atoms with Crippen molar-refractivity contribution >= 4 is 17.3 Å². The number of halogens is 2. The largest absolute Gasteiger partial charge is 0.370 e. The van der Waals surface area contributed by atoms with Crippen LogP contribution in [-0.4, -0.2) is 13.1 Å². The standard InChI is InChI=1S/C17H20ClFN2/c1-12(20)9-13-7-8-15(18)10-17(13)21(2)11-14-5-3-4-6-16(14)19/h3-8,10,12H,9,11,20H2,1-2H3. The first-order valence-electron chi connectivity index (χ1n) is 6.96. The van der Waals surface area contributed by atoms with E-state index in [0.717, 1.165) is 17.7 Å². The zero-order chi connectivity index (χ0) is 15.4. The Morgan fingerprint density at radius 2 is 1.90 bits per heavy atom. The maximum Gasteiger partial charge on any atom is 0.128 e. The maximum absolute atomic E-state index is 13.8. The lowest BCUT2D eigenvalue weighted by atomic mass is 10.0. The molecule has 0 bridgehead atoms. The van der Waals surface area contributed by atoms with Crippen molar-refractivity contribution in [1.29, 1.82) is 0 Å². The summed E-state index contributed by atoms with van der Waals surface area (Å²) in [5, 5.41) is 0.666. The molecule has 1 unspecified atom stereocenters. The average molecular weight is 307 g/mol. The van der Waals surface area contributed by atoms with Crippen LogP contribution in [0.2, 0.25) is 5.02 Å². The molecule has 0 amide bonds. The van der Waals surface area contributed by atoms with Crippen molar-refractivity contribution < 1.29 is 4.39 Å². The summed E-state index contributed by atoms with van der Waals surface area (Å²) in [4.78, 5) is 2.00. The first-order valence-corrected chi connectivity index (χ1v) is 7.33. The van der Waals surface area contributed by atoms with Crippen molar-refractivity contribution in [3.63, 3.8) is 0 Å². The van der Waals surface area contributed by atoms with Gasteiger partial charge in [0.2, 0.25) is 0 Å². The molecule has 2 aromatic rings. The highest BCUT2D eigenvalue weighted by Crippen LogP contribution is 2.26. The second-order valence-corrected chi connectivity index (χ2v) is 5.84. The number of benzene rings is 2. The molecule has 2 aromatic carbocycles. The Bertz CT molecular complexity index is 613. The summed E-state index contributed by atoms with van der Waals surface area (Å²) >= 11 is 6.10. The van der Waals surface area contributed by atoms with Crippen LogP contribution in [0.15, 0.2) is 42.5 Å². The molecule has 0 saturated heterocycles. The second kappa shape index (κ2) is 6.92. The molecule has 2 rings (SSSR count).